The minimum Gasteiger partial charge on any atom is -0.223 e. The van der Waals surface area contributed by atoms with Gasteiger partial charge in [-0.3, -0.25) is 0 Å². The Hall–Kier alpha value is -0.910. The molecule has 0 saturated heterocycles. The van der Waals surface area contributed by atoms with Crippen molar-refractivity contribution in [2.75, 3.05) is 0 Å². The van der Waals surface area contributed by atoms with Gasteiger partial charge in [0.1, 0.15) is 12.7 Å². The molecular weight excluding hydrogens is 277 g/mol. The van der Waals surface area contributed by atoms with Gasteiger partial charge in [0.25, 0.3) is 0 Å². The maximum Gasteiger partial charge on any atom is 0.138 e. The maximum atomic E-state index is 4.09. The minimum atomic E-state index is 1.09. The molecule has 0 aliphatic heterocycles. The van der Waals surface area contributed by atoms with Gasteiger partial charge in [-0.15, -0.1) is 0 Å². The van der Waals surface area contributed by atoms with Gasteiger partial charge in [-0.2, -0.15) is 5.10 Å². The maximum absolute atomic E-state index is 4.09. The normalized spacial score (nSPS) is 10.3. The number of rotatable bonds is 1. The van der Waals surface area contributed by atoms with Gasteiger partial charge in [0.2, 0.25) is 0 Å². The van der Waals surface area contributed by atoms with Gasteiger partial charge < -0.3 is 0 Å². The van der Waals surface area contributed by atoms with Crippen LogP contribution < -0.4 is 0 Å². The molecule has 13 heavy (non-hydrogen) atoms. The predicted molar refractivity (Wildman–Crippen MR) is 58.8 cm³/mol. The van der Waals surface area contributed by atoms with E-state index in [1.807, 2.05) is 12.1 Å². The number of hydrogen-bond donors (Lipinski definition) is 0. The summed E-state index contributed by atoms with van der Waals surface area (Å²) in [6.07, 6.45) is 3.25. The monoisotopic (exact) mass is 285 g/mol. The van der Waals surface area contributed by atoms with Crippen molar-refractivity contribution in [1.82, 2.24) is 14.8 Å². The number of nitrogens with zero attached hydrogens (tertiary/aromatic N) is 3. The second-order valence-corrected chi connectivity index (χ2v) is 3.89. The Balaban J connectivity index is 2.59. The summed E-state index contributed by atoms with van der Waals surface area (Å²) in [6.45, 7) is 2.08. The van der Waals surface area contributed by atoms with Crippen LogP contribution in [0.4, 0.5) is 0 Å². The molecule has 2 aromatic rings. The zero-order valence-corrected chi connectivity index (χ0v) is 9.26. The first-order chi connectivity index (χ1) is 6.29. The fourth-order valence-corrected chi connectivity index (χ4v) is 1.66. The first kappa shape index (κ1) is 8.68. The number of aromatic nitrogens is 3. The average Bonchev–Trinajstić information content (AvgIpc) is 2.62. The van der Waals surface area contributed by atoms with E-state index in [2.05, 4.69) is 45.7 Å². The van der Waals surface area contributed by atoms with Crippen LogP contribution >= 0.6 is 22.6 Å². The summed E-state index contributed by atoms with van der Waals surface area (Å²) < 4.78 is 3.02. The number of benzene rings is 1. The molecule has 3 nitrogen and oxygen atoms in total. The SMILES string of the molecule is Cc1c(I)cccc1-n1cncn1. The van der Waals surface area contributed by atoms with Crippen molar-refractivity contribution in [3.63, 3.8) is 0 Å². The highest BCUT2D eigenvalue weighted by molar-refractivity contribution is 14.1. The van der Waals surface area contributed by atoms with Gasteiger partial charge >= 0.3 is 0 Å². The van der Waals surface area contributed by atoms with Crippen molar-refractivity contribution in [3.8, 4) is 5.69 Å². The Morgan fingerprint density at radius 1 is 1.38 bits per heavy atom. The molecule has 0 fully saturated rings. The Bertz CT molecular complexity index is 409. The van der Waals surface area contributed by atoms with Crippen LogP contribution in [-0.4, -0.2) is 14.8 Å². The summed E-state index contributed by atoms with van der Waals surface area (Å²) in [5.41, 5.74) is 2.32. The molecule has 0 bridgehead atoms. The highest BCUT2D eigenvalue weighted by Gasteiger charge is 2.03. The lowest BCUT2D eigenvalue weighted by Crippen LogP contribution is -1.98. The molecule has 0 aliphatic carbocycles. The van der Waals surface area contributed by atoms with Gasteiger partial charge in [0, 0.05) is 3.57 Å². The van der Waals surface area contributed by atoms with Crippen LogP contribution in [0.1, 0.15) is 5.56 Å². The van der Waals surface area contributed by atoms with E-state index in [1.54, 1.807) is 17.3 Å². The van der Waals surface area contributed by atoms with Crippen molar-refractivity contribution < 1.29 is 0 Å². The molecule has 0 aliphatic rings. The Kier molecular flexibility index (Phi) is 2.30. The zero-order valence-electron chi connectivity index (χ0n) is 7.11. The van der Waals surface area contributed by atoms with Crippen LogP contribution in [0.2, 0.25) is 0 Å². The molecule has 4 heteroatoms. The quantitative estimate of drug-likeness (QED) is 0.752. The average molecular weight is 285 g/mol. The lowest BCUT2D eigenvalue weighted by molar-refractivity contribution is 0.870. The van der Waals surface area contributed by atoms with E-state index in [4.69, 9.17) is 0 Å². The van der Waals surface area contributed by atoms with Crippen molar-refractivity contribution >= 4 is 22.6 Å². The van der Waals surface area contributed by atoms with Gasteiger partial charge in [-0.1, -0.05) is 6.07 Å². The molecule has 1 heterocycles. The third-order valence-corrected chi connectivity index (χ3v) is 3.07. The van der Waals surface area contributed by atoms with Gasteiger partial charge in [0.15, 0.2) is 0 Å². The molecule has 1 aromatic heterocycles. The first-order valence-corrected chi connectivity index (χ1v) is 4.97. The van der Waals surface area contributed by atoms with E-state index in [9.17, 15) is 0 Å². The third kappa shape index (κ3) is 1.58. The lowest BCUT2D eigenvalue weighted by atomic mass is 10.2. The summed E-state index contributed by atoms with van der Waals surface area (Å²) in [4.78, 5) is 3.92. The van der Waals surface area contributed by atoms with E-state index in [-0.39, 0.29) is 0 Å². The molecule has 0 amide bonds. The summed E-state index contributed by atoms with van der Waals surface area (Å²) in [7, 11) is 0. The summed E-state index contributed by atoms with van der Waals surface area (Å²) in [5, 5.41) is 4.09. The van der Waals surface area contributed by atoms with Crippen molar-refractivity contribution in [2.24, 2.45) is 0 Å². The standard InChI is InChI=1S/C9H8IN3/c1-7-8(10)3-2-4-9(7)13-6-11-5-12-13/h2-6H,1H3. The second-order valence-electron chi connectivity index (χ2n) is 2.72. The van der Waals surface area contributed by atoms with Gasteiger partial charge in [-0.05, 0) is 47.2 Å². The van der Waals surface area contributed by atoms with Crippen LogP contribution in [0.3, 0.4) is 0 Å². The largest absolute Gasteiger partial charge is 0.223 e. The van der Waals surface area contributed by atoms with E-state index < -0.39 is 0 Å². The molecule has 0 radical (unpaired) electrons. The molecular formula is C9H8IN3. The van der Waals surface area contributed by atoms with Crippen LogP contribution in [0, 0.1) is 10.5 Å². The molecule has 66 valence electrons. The molecule has 0 saturated carbocycles. The fraction of sp³-hybridized carbons (Fsp3) is 0.111. The highest BCUT2D eigenvalue weighted by Crippen LogP contribution is 2.18. The van der Waals surface area contributed by atoms with E-state index in [0.717, 1.165) is 5.69 Å². The Labute approximate surface area is 89.9 Å². The predicted octanol–water partition coefficient (Wildman–Crippen LogP) is 2.18. The molecule has 0 unspecified atom stereocenters. The third-order valence-electron chi connectivity index (χ3n) is 1.90. The summed E-state index contributed by atoms with van der Waals surface area (Å²) in [5.74, 6) is 0. The molecule has 0 atom stereocenters. The van der Waals surface area contributed by atoms with Gasteiger partial charge in [0.05, 0.1) is 5.69 Å². The van der Waals surface area contributed by atoms with Crippen molar-refractivity contribution in [2.45, 2.75) is 6.92 Å². The molecule has 1 aromatic carbocycles. The smallest absolute Gasteiger partial charge is 0.138 e. The Morgan fingerprint density at radius 2 is 2.23 bits per heavy atom. The lowest BCUT2D eigenvalue weighted by Gasteiger charge is -2.05. The fourth-order valence-electron chi connectivity index (χ4n) is 1.18. The van der Waals surface area contributed by atoms with Crippen LogP contribution in [0.15, 0.2) is 30.9 Å². The van der Waals surface area contributed by atoms with Crippen LogP contribution in [0.5, 0.6) is 0 Å². The van der Waals surface area contributed by atoms with Crippen molar-refractivity contribution in [1.29, 1.82) is 0 Å². The number of halogens is 1. The summed E-state index contributed by atoms with van der Waals surface area (Å²) in [6, 6.07) is 6.13. The van der Waals surface area contributed by atoms with E-state index in [0.29, 0.717) is 0 Å². The van der Waals surface area contributed by atoms with E-state index in [1.165, 1.54) is 9.13 Å². The zero-order chi connectivity index (χ0) is 9.26. The molecule has 0 N–H and O–H groups in total. The van der Waals surface area contributed by atoms with E-state index >= 15 is 0 Å². The van der Waals surface area contributed by atoms with Crippen LogP contribution in [0.25, 0.3) is 5.69 Å². The molecule has 2 rings (SSSR count). The number of hydrogen-bond acceptors (Lipinski definition) is 2. The highest BCUT2D eigenvalue weighted by atomic mass is 127. The summed E-state index contributed by atoms with van der Waals surface area (Å²) >= 11 is 2.31. The van der Waals surface area contributed by atoms with Crippen molar-refractivity contribution in [3.05, 3.63) is 40.0 Å². The minimum absolute atomic E-state index is 1.09. The molecule has 0 spiro atoms. The van der Waals surface area contributed by atoms with Crippen LogP contribution in [-0.2, 0) is 0 Å². The second kappa shape index (κ2) is 3.45. The topological polar surface area (TPSA) is 30.7 Å². The van der Waals surface area contributed by atoms with Gasteiger partial charge in [-0.25, -0.2) is 9.67 Å². The Morgan fingerprint density at radius 3 is 2.92 bits per heavy atom. The first-order valence-electron chi connectivity index (χ1n) is 3.89.